The lowest BCUT2D eigenvalue weighted by molar-refractivity contribution is -0.149. The zero-order valence-corrected chi connectivity index (χ0v) is 14.3. The second-order valence-corrected chi connectivity index (χ2v) is 6.42. The molecule has 1 heterocycles. The Morgan fingerprint density at radius 2 is 2.17 bits per heavy atom. The number of carbonyl (C=O) groups is 1. The lowest BCUT2D eigenvalue weighted by atomic mass is 9.90. The predicted octanol–water partition coefficient (Wildman–Crippen LogP) is 2.30. The number of aromatic nitrogens is 3. The maximum atomic E-state index is 12.4. The molecule has 6 heteroatoms. The summed E-state index contributed by atoms with van der Waals surface area (Å²) in [6.07, 6.45) is 1.62. The number of aliphatic hydroxyl groups excluding tert-OH is 1. The van der Waals surface area contributed by atoms with Gasteiger partial charge in [0, 0.05) is 5.56 Å². The van der Waals surface area contributed by atoms with Crippen LogP contribution in [0.4, 0.5) is 0 Å². The summed E-state index contributed by atoms with van der Waals surface area (Å²) in [5.74, 6) is -0.199. The molecule has 1 aromatic carbocycles. The molecule has 1 aromatic heterocycles. The number of hydrogen-bond acceptors (Lipinski definition) is 5. The highest BCUT2D eigenvalue weighted by Crippen LogP contribution is 2.34. The number of fused-ring (bicyclic) bond motifs is 3. The van der Waals surface area contributed by atoms with E-state index in [4.69, 9.17) is 4.74 Å². The highest BCUT2D eigenvalue weighted by Gasteiger charge is 2.32. The van der Waals surface area contributed by atoms with E-state index in [1.165, 1.54) is 5.56 Å². The van der Waals surface area contributed by atoms with E-state index in [1.807, 2.05) is 32.0 Å². The van der Waals surface area contributed by atoms with Crippen LogP contribution in [-0.4, -0.2) is 32.7 Å². The van der Waals surface area contributed by atoms with Gasteiger partial charge in [0.05, 0.1) is 18.9 Å². The van der Waals surface area contributed by atoms with Crippen LogP contribution in [-0.2, 0) is 29.0 Å². The van der Waals surface area contributed by atoms with Crippen molar-refractivity contribution in [1.29, 1.82) is 0 Å². The van der Waals surface area contributed by atoms with Crippen molar-refractivity contribution in [1.82, 2.24) is 15.0 Å². The molecule has 1 atom stereocenters. The summed E-state index contributed by atoms with van der Waals surface area (Å²) in [5, 5.41) is 17.9. The molecule has 1 aliphatic carbocycles. The second-order valence-electron chi connectivity index (χ2n) is 6.42. The van der Waals surface area contributed by atoms with E-state index < -0.39 is 6.04 Å². The van der Waals surface area contributed by atoms with E-state index in [0.717, 1.165) is 35.4 Å². The van der Waals surface area contributed by atoms with Crippen LogP contribution in [0, 0.1) is 5.92 Å². The molecule has 0 fully saturated rings. The predicted molar refractivity (Wildman–Crippen MR) is 89.3 cm³/mol. The fourth-order valence-electron chi connectivity index (χ4n) is 3.30. The molecule has 2 aromatic rings. The number of benzene rings is 1. The monoisotopic (exact) mass is 329 g/mol. The zero-order valence-electron chi connectivity index (χ0n) is 14.3. The Bertz CT molecular complexity index is 752. The second kappa shape index (κ2) is 6.73. The molecular formula is C18H23N3O3. The topological polar surface area (TPSA) is 77.2 Å². The lowest BCUT2D eigenvalue weighted by Gasteiger charge is -2.23. The molecule has 0 radical (unpaired) electrons. The summed E-state index contributed by atoms with van der Waals surface area (Å²) >= 11 is 0. The van der Waals surface area contributed by atoms with Crippen LogP contribution < -0.4 is 0 Å². The Kier molecular flexibility index (Phi) is 4.66. The minimum absolute atomic E-state index is 0.0328. The smallest absolute Gasteiger partial charge is 0.331 e. The summed E-state index contributed by atoms with van der Waals surface area (Å²) in [5.41, 5.74) is 4.90. The number of aliphatic hydroxyl groups is 1. The number of aryl methyl sites for hydroxylation is 1. The van der Waals surface area contributed by atoms with E-state index in [9.17, 15) is 9.90 Å². The lowest BCUT2D eigenvalue weighted by Crippen LogP contribution is -2.29. The molecule has 0 amide bonds. The van der Waals surface area contributed by atoms with E-state index in [-0.39, 0.29) is 18.5 Å². The third kappa shape index (κ3) is 2.82. The Morgan fingerprint density at radius 3 is 2.83 bits per heavy atom. The number of nitrogens with zero attached hydrogens (tertiary/aromatic N) is 3. The molecule has 0 unspecified atom stereocenters. The quantitative estimate of drug-likeness (QED) is 0.852. The number of ether oxygens (including phenoxy) is 1. The Morgan fingerprint density at radius 1 is 1.38 bits per heavy atom. The van der Waals surface area contributed by atoms with Crippen molar-refractivity contribution in [3.05, 3.63) is 35.0 Å². The van der Waals surface area contributed by atoms with Crippen molar-refractivity contribution in [2.75, 3.05) is 6.61 Å². The fourth-order valence-corrected chi connectivity index (χ4v) is 3.30. The molecule has 24 heavy (non-hydrogen) atoms. The first-order valence-electron chi connectivity index (χ1n) is 8.40. The van der Waals surface area contributed by atoms with Gasteiger partial charge in [0.2, 0.25) is 0 Å². The molecule has 0 saturated heterocycles. The van der Waals surface area contributed by atoms with Crippen LogP contribution in [0.2, 0.25) is 0 Å². The summed E-state index contributed by atoms with van der Waals surface area (Å²) in [4.78, 5) is 12.4. The first-order valence-corrected chi connectivity index (χ1v) is 8.40. The van der Waals surface area contributed by atoms with Gasteiger partial charge in [-0.3, -0.25) is 0 Å². The van der Waals surface area contributed by atoms with Gasteiger partial charge in [0.15, 0.2) is 6.04 Å². The molecule has 3 rings (SSSR count). The SMILES string of the molecule is CCOC(=O)[C@H](C(C)C)n1nnc2c1CCc1cc(CO)ccc1-2. The van der Waals surface area contributed by atoms with Crippen molar-refractivity contribution in [3.8, 4) is 11.3 Å². The van der Waals surface area contributed by atoms with E-state index in [1.54, 1.807) is 11.6 Å². The fraction of sp³-hybridized carbons (Fsp3) is 0.500. The standard InChI is InChI=1S/C18H23N3O3/c1-4-24-18(23)17(11(2)3)21-15-8-6-13-9-12(10-22)5-7-14(13)16(15)19-20-21/h5,7,9,11,17,22H,4,6,8,10H2,1-3H3/t17-/m0/s1. The Hall–Kier alpha value is -2.21. The van der Waals surface area contributed by atoms with Crippen LogP contribution in [0.1, 0.15) is 43.6 Å². The Labute approximate surface area is 141 Å². The average Bonchev–Trinajstić information content (AvgIpc) is 2.98. The summed E-state index contributed by atoms with van der Waals surface area (Å²) in [6.45, 7) is 6.16. The van der Waals surface area contributed by atoms with Crippen LogP contribution in [0.25, 0.3) is 11.3 Å². The van der Waals surface area contributed by atoms with Crippen LogP contribution in [0.5, 0.6) is 0 Å². The summed E-state index contributed by atoms with van der Waals surface area (Å²) in [7, 11) is 0. The molecule has 128 valence electrons. The summed E-state index contributed by atoms with van der Waals surface area (Å²) in [6, 6.07) is 5.44. The van der Waals surface area contributed by atoms with Crippen molar-refractivity contribution < 1.29 is 14.6 Å². The molecule has 0 bridgehead atoms. The van der Waals surface area contributed by atoms with Crippen molar-refractivity contribution >= 4 is 5.97 Å². The van der Waals surface area contributed by atoms with Crippen LogP contribution >= 0.6 is 0 Å². The van der Waals surface area contributed by atoms with Gasteiger partial charge in [0.25, 0.3) is 0 Å². The molecule has 0 spiro atoms. The summed E-state index contributed by atoms with van der Waals surface area (Å²) < 4.78 is 6.96. The normalized spacial score (nSPS) is 14.2. The highest BCUT2D eigenvalue weighted by atomic mass is 16.5. The number of hydrogen-bond donors (Lipinski definition) is 1. The maximum Gasteiger partial charge on any atom is 0.331 e. The minimum Gasteiger partial charge on any atom is -0.464 e. The van der Waals surface area contributed by atoms with Gasteiger partial charge >= 0.3 is 5.97 Å². The third-order valence-corrected chi connectivity index (χ3v) is 4.45. The van der Waals surface area contributed by atoms with Crippen molar-refractivity contribution in [2.45, 2.75) is 46.3 Å². The van der Waals surface area contributed by atoms with Crippen LogP contribution in [0.15, 0.2) is 18.2 Å². The Balaban J connectivity index is 2.03. The number of carbonyl (C=O) groups excluding carboxylic acids is 1. The third-order valence-electron chi connectivity index (χ3n) is 4.45. The van der Waals surface area contributed by atoms with Crippen LogP contribution in [0.3, 0.4) is 0 Å². The first-order chi connectivity index (χ1) is 11.6. The number of esters is 1. The van der Waals surface area contributed by atoms with Gasteiger partial charge in [-0.05, 0) is 36.8 Å². The molecule has 1 aliphatic rings. The largest absolute Gasteiger partial charge is 0.464 e. The molecular weight excluding hydrogens is 306 g/mol. The molecule has 0 aliphatic heterocycles. The first kappa shape index (κ1) is 16.6. The van der Waals surface area contributed by atoms with Gasteiger partial charge in [0.1, 0.15) is 5.69 Å². The zero-order chi connectivity index (χ0) is 17.3. The minimum atomic E-state index is -0.459. The van der Waals surface area contributed by atoms with Gasteiger partial charge < -0.3 is 9.84 Å². The van der Waals surface area contributed by atoms with E-state index in [2.05, 4.69) is 10.3 Å². The van der Waals surface area contributed by atoms with Gasteiger partial charge in [-0.25, -0.2) is 9.48 Å². The van der Waals surface area contributed by atoms with Gasteiger partial charge in [-0.15, -0.1) is 5.10 Å². The van der Waals surface area contributed by atoms with E-state index in [0.29, 0.717) is 6.61 Å². The molecule has 6 nitrogen and oxygen atoms in total. The van der Waals surface area contributed by atoms with Gasteiger partial charge in [-0.1, -0.05) is 37.3 Å². The average molecular weight is 329 g/mol. The number of rotatable bonds is 5. The van der Waals surface area contributed by atoms with E-state index >= 15 is 0 Å². The van der Waals surface area contributed by atoms with Gasteiger partial charge in [-0.2, -0.15) is 0 Å². The molecule has 1 N–H and O–H groups in total. The van der Waals surface area contributed by atoms with Crippen molar-refractivity contribution in [2.24, 2.45) is 5.92 Å². The maximum absolute atomic E-state index is 12.4. The van der Waals surface area contributed by atoms with Crippen molar-refractivity contribution in [3.63, 3.8) is 0 Å². The highest BCUT2D eigenvalue weighted by molar-refractivity contribution is 5.75. The molecule has 0 saturated carbocycles.